The van der Waals surface area contributed by atoms with Gasteiger partial charge in [0.05, 0.1) is 37.0 Å². The quantitative estimate of drug-likeness (QED) is 0.198. The second-order valence-corrected chi connectivity index (χ2v) is 6.75. The molecule has 3 aromatic rings. The number of carbonyl (C=O) groups excluding carboxylic acids is 1. The number of halogens is 3. The van der Waals surface area contributed by atoms with Gasteiger partial charge in [0.2, 0.25) is 0 Å². The van der Waals surface area contributed by atoms with Crippen molar-refractivity contribution in [2.45, 2.75) is 6.18 Å². The highest BCUT2D eigenvalue weighted by Crippen LogP contribution is 2.33. The van der Waals surface area contributed by atoms with Crippen LogP contribution >= 0.6 is 0 Å². The lowest BCUT2D eigenvalue weighted by Gasteiger charge is -2.11. The zero-order valence-electron chi connectivity index (χ0n) is 17.6. The van der Waals surface area contributed by atoms with E-state index in [9.17, 15) is 23.2 Å². The molecule has 3 rings (SSSR count). The second-order valence-electron chi connectivity index (χ2n) is 6.75. The van der Waals surface area contributed by atoms with Crippen molar-refractivity contribution >= 4 is 17.6 Å². The number of esters is 1. The number of ether oxygens (including phenoxy) is 3. The molecule has 0 fully saturated rings. The standard InChI is InChI=1S/C25H18F3NO4/c1-31-21-6-4-3-5-20(21)18(15-29)13-16-7-12-22(23(14-16)32-2)33-24(30)17-8-10-19(11-9-17)25(26,27)28/h3-14H,1-2H3/b18-13-. The topological polar surface area (TPSA) is 68.6 Å². The van der Waals surface area contributed by atoms with Gasteiger partial charge in [-0.15, -0.1) is 0 Å². The molecule has 168 valence electrons. The number of hydrogen-bond donors (Lipinski definition) is 0. The number of nitriles is 1. The first kappa shape index (κ1) is 23.4. The van der Waals surface area contributed by atoms with Crippen LogP contribution in [0.1, 0.15) is 27.0 Å². The molecule has 0 aliphatic heterocycles. The van der Waals surface area contributed by atoms with Gasteiger partial charge in [0.25, 0.3) is 0 Å². The highest BCUT2D eigenvalue weighted by Gasteiger charge is 2.30. The smallest absolute Gasteiger partial charge is 0.416 e. The molecule has 0 unspecified atom stereocenters. The molecular formula is C25H18F3NO4. The van der Waals surface area contributed by atoms with E-state index in [1.54, 1.807) is 42.5 Å². The van der Waals surface area contributed by atoms with E-state index in [2.05, 4.69) is 6.07 Å². The minimum absolute atomic E-state index is 0.0445. The van der Waals surface area contributed by atoms with E-state index in [-0.39, 0.29) is 17.1 Å². The highest BCUT2D eigenvalue weighted by atomic mass is 19.4. The lowest BCUT2D eigenvalue weighted by Crippen LogP contribution is -2.11. The van der Waals surface area contributed by atoms with Gasteiger partial charge in [-0.2, -0.15) is 18.4 Å². The Bertz CT molecular complexity index is 1230. The summed E-state index contributed by atoms with van der Waals surface area (Å²) in [5, 5.41) is 9.61. The van der Waals surface area contributed by atoms with E-state index in [0.29, 0.717) is 22.4 Å². The number of benzene rings is 3. The lowest BCUT2D eigenvalue weighted by atomic mass is 10.0. The second kappa shape index (κ2) is 9.92. The Balaban J connectivity index is 1.86. The van der Waals surface area contributed by atoms with Crippen molar-refractivity contribution in [2.24, 2.45) is 0 Å². The Labute approximate surface area is 188 Å². The van der Waals surface area contributed by atoms with Crippen LogP contribution in [0.5, 0.6) is 17.2 Å². The van der Waals surface area contributed by atoms with Gasteiger partial charge in [-0.3, -0.25) is 0 Å². The fourth-order valence-corrected chi connectivity index (χ4v) is 3.02. The molecule has 8 heteroatoms. The molecule has 0 atom stereocenters. The first-order chi connectivity index (χ1) is 15.8. The van der Waals surface area contributed by atoms with Gasteiger partial charge in [-0.25, -0.2) is 4.79 Å². The maximum atomic E-state index is 12.7. The van der Waals surface area contributed by atoms with Crippen molar-refractivity contribution in [1.29, 1.82) is 5.26 Å². The fraction of sp³-hybridized carbons (Fsp3) is 0.120. The minimum Gasteiger partial charge on any atom is -0.496 e. The predicted octanol–water partition coefficient (Wildman–Crippen LogP) is 6.01. The molecule has 0 heterocycles. The summed E-state index contributed by atoms with van der Waals surface area (Å²) >= 11 is 0. The van der Waals surface area contributed by atoms with Crippen molar-refractivity contribution in [3.8, 4) is 23.3 Å². The molecule has 0 amide bonds. The Morgan fingerprint density at radius 3 is 2.18 bits per heavy atom. The summed E-state index contributed by atoms with van der Waals surface area (Å²) in [4.78, 5) is 12.4. The molecule has 0 aromatic heterocycles. The monoisotopic (exact) mass is 453 g/mol. The van der Waals surface area contributed by atoms with E-state index in [1.807, 2.05) is 0 Å². The number of alkyl halides is 3. The summed E-state index contributed by atoms with van der Waals surface area (Å²) in [5.41, 5.74) is 0.653. The number of para-hydroxylation sites is 1. The summed E-state index contributed by atoms with van der Waals surface area (Å²) in [6.45, 7) is 0. The molecule has 0 aliphatic carbocycles. The lowest BCUT2D eigenvalue weighted by molar-refractivity contribution is -0.137. The fourth-order valence-electron chi connectivity index (χ4n) is 3.02. The Morgan fingerprint density at radius 2 is 1.58 bits per heavy atom. The zero-order valence-corrected chi connectivity index (χ0v) is 17.6. The minimum atomic E-state index is -4.50. The van der Waals surface area contributed by atoms with Gasteiger partial charge >= 0.3 is 12.1 Å². The molecule has 0 radical (unpaired) electrons. The molecule has 0 bridgehead atoms. The van der Waals surface area contributed by atoms with Crippen molar-refractivity contribution in [1.82, 2.24) is 0 Å². The number of rotatable bonds is 6. The van der Waals surface area contributed by atoms with Crippen LogP contribution in [0.2, 0.25) is 0 Å². The summed E-state index contributed by atoms with van der Waals surface area (Å²) in [6, 6.07) is 17.6. The summed E-state index contributed by atoms with van der Waals surface area (Å²) in [5.74, 6) is -0.00640. The molecule has 0 saturated heterocycles. The predicted molar refractivity (Wildman–Crippen MR) is 116 cm³/mol. The third-order valence-corrected chi connectivity index (χ3v) is 4.67. The molecule has 33 heavy (non-hydrogen) atoms. The van der Waals surface area contributed by atoms with Gasteiger partial charge in [0.1, 0.15) is 5.75 Å². The van der Waals surface area contributed by atoms with Crippen LogP contribution in [-0.4, -0.2) is 20.2 Å². The van der Waals surface area contributed by atoms with Crippen LogP contribution in [-0.2, 0) is 6.18 Å². The van der Waals surface area contributed by atoms with E-state index >= 15 is 0 Å². The summed E-state index contributed by atoms with van der Waals surface area (Å²) in [7, 11) is 2.89. The zero-order chi connectivity index (χ0) is 24.0. The van der Waals surface area contributed by atoms with Crippen LogP contribution in [0.4, 0.5) is 13.2 Å². The van der Waals surface area contributed by atoms with Crippen LogP contribution in [0, 0.1) is 11.3 Å². The number of hydrogen-bond acceptors (Lipinski definition) is 5. The molecule has 0 spiro atoms. The SMILES string of the molecule is COc1cc(/C=C(/C#N)c2ccccc2OC)ccc1OC(=O)c1ccc(C(F)(F)F)cc1. The molecule has 5 nitrogen and oxygen atoms in total. The Hall–Kier alpha value is -4.25. The highest BCUT2D eigenvalue weighted by molar-refractivity contribution is 5.93. The maximum Gasteiger partial charge on any atom is 0.416 e. The van der Waals surface area contributed by atoms with E-state index in [0.717, 1.165) is 24.3 Å². The van der Waals surface area contributed by atoms with Crippen molar-refractivity contribution < 1.29 is 32.2 Å². The van der Waals surface area contributed by atoms with Crippen molar-refractivity contribution in [2.75, 3.05) is 14.2 Å². The number of nitrogens with zero attached hydrogens (tertiary/aromatic N) is 1. The van der Waals surface area contributed by atoms with Gasteiger partial charge in [0.15, 0.2) is 11.5 Å². The molecule has 0 N–H and O–H groups in total. The first-order valence-electron chi connectivity index (χ1n) is 9.59. The molecule has 0 saturated carbocycles. The van der Waals surface area contributed by atoms with Gasteiger partial charge < -0.3 is 14.2 Å². The van der Waals surface area contributed by atoms with E-state index in [4.69, 9.17) is 14.2 Å². The van der Waals surface area contributed by atoms with E-state index in [1.165, 1.54) is 20.3 Å². The molecule has 3 aromatic carbocycles. The summed E-state index contributed by atoms with van der Waals surface area (Å²) in [6.07, 6.45) is -2.87. The van der Waals surface area contributed by atoms with Gasteiger partial charge in [0, 0.05) is 5.56 Å². The van der Waals surface area contributed by atoms with Gasteiger partial charge in [-0.1, -0.05) is 18.2 Å². The Morgan fingerprint density at radius 1 is 0.909 bits per heavy atom. The van der Waals surface area contributed by atoms with E-state index < -0.39 is 17.7 Å². The normalized spacial score (nSPS) is 11.5. The first-order valence-corrected chi connectivity index (χ1v) is 9.59. The number of allylic oxidation sites excluding steroid dienone is 1. The molecule has 0 aliphatic rings. The van der Waals surface area contributed by atoms with Gasteiger partial charge in [-0.05, 0) is 60.2 Å². The third-order valence-electron chi connectivity index (χ3n) is 4.67. The average molecular weight is 453 g/mol. The van der Waals surface area contributed by atoms with Crippen molar-refractivity contribution in [3.63, 3.8) is 0 Å². The van der Waals surface area contributed by atoms with Crippen LogP contribution in [0.15, 0.2) is 66.7 Å². The molecular weight excluding hydrogens is 435 g/mol. The van der Waals surface area contributed by atoms with Crippen LogP contribution < -0.4 is 14.2 Å². The van der Waals surface area contributed by atoms with Crippen LogP contribution in [0.3, 0.4) is 0 Å². The summed E-state index contributed by atoms with van der Waals surface area (Å²) < 4.78 is 54.0. The number of methoxy groups -OCH3 is 2. The number of carbonyl (C=O) groups is 1. The third kappa shape index (κ3) is 5.52. The van der Waals surface area contributed by atoms with Crippen LogP contribution in [0.25, 0.3) is 11.6 Å². The maximum absolute atomic E-state index is 12.7. The Kier molecular flexibility index (Phi) is 7.04. The largest absolute Gasteiger partial charge is 0.496 e. The average Bonchev–Trinajstić information content (AvgIpc) is 2.82. The van der Waals surface area contributed by atoms with Crippen molar-refractivity contribution in [3.05, 3.63) is 89.0 Å².